The first-order valence-corrected chi connectivity index (χ1v) is 11.0. The maximum absolute atomic E-state index is 12.8. The molecule has 0 aliphatic heterocycles. The summed E-state index contributed by atoms with van der Waals surface area (Å²) in [5.74, 6) is -2.70. The second-order valence-corrected chi connectivity index (χ2v) is 8.01. The van der Waals surface area contributed by atoms with Gasteiger partial charge in [0.05, 0.1) is 18.5 Å². The number of H-pyrrole nitrogens is 1. The predicted octanol–water partition coefficient (Wildman–Crippen LogP) is -2.03. The van der Waals surface area contributed by atoms with E-state index in [1.807, 2.05) is 6.26 Å². The van der Waals surface area contributed by atoms with Gasteiger partial charge >= 0.3 is 5.97 Å². The van der Waals surface area contributed by atoms with Gasteiger partial charge in [-0.2, -0.15) is 11.8 Å². The van der Waals surface area contributed by atoms with Crippen molar-refractivity contribution in [2.45, 2.75) is 57.0 Å². The standard InChI is InChI=1S/C18H30N6O6S/c1-9(15(26)24-14(10(2)25)18(29)30)22-17(28)13(6-11-7-20-8-21-11)23-16(27)12(19)4-5-31-3/h7-10,12-14,25H,4-6,19H2,1-3H3,(H,20,21)(H,22,28)(H,23,27)(H,24,26)(H,29,30). The first-order chi connectivity index (χ1) is 14.6. The molecule has 31 heavy (non-hydrogen) atoms. The monoisotopic (exact) mass is 458 g/mol. The number of amides is 3. The van der Waals surface area contributed by atoms with E-state index in [2.05, 4.69) is 25.9 Å². The average molecular weight is 459 g/mol. The highest BCUT2D eigenvalue weighted by Gasteiger charge is 2.30. The van der Waals surface area contributed by atoms with Gasteiger partial charge in [0.1, 0.15) is 12.1 Å². The number of aliphatic carboxylic acids is 1. The van der Waals surface area contributed by atoms with Crippen LogP contribution in [0.3, 0.4) is 0 Å². The Labute approximate surface area is 184 Å². The number of aromatic amines is 1. The fourth-order valence-electron chi connectivity index (χ4n) is 2.53. The van der Waals surface area contributed by atoms with Crippen LogP contribution in [0.25, 0.3) is 0 Å². The number of carbonyl (C=O) groups is 4. The van der Waals surface area contributed by atoms with Gasteiger partial charge in [-0.1, -0.05) is 0 Å². The Morgan fingerprint density at radius 3 is 2.35 bits per heavy atom. The normalized spacial score (nSPS) is 15.8. The Kier molecular flexibility index (Phi) is 11.0. The number of carboxylic acids is 1. The molecular formula is C18H30N6O6S. The second kappa shape index (κ2) is 12.9. The molecule has 1 aromatic heterocycles. The molecule has 0 aromatic carbocycles. The summed E-state index contributed by atoms with van der Waals surface area (Å²) in [6, 6.07) is -4.50. The van der Waals surface area contributed by atoms with Crippen molar-refractivity contribution in [2.24, 2.45) is 5.73 Å². The van der Waals surface area contributed by atoms with Crippen LogP contribution in [-0.4, -0.2) is 86.2 Å². The molecule has 1 aromatic rings. The number of aliphatic hydroxyl groups excluding tert-OH is 1. The largest absolute Gasteiger partial charge is 0.480 e. The molecular weight excluding hydrogens is 428 g/mol. The molecule has 0 bridgehead atoms. The summed E-state index contributed by atoms with van der Waals surface area (Å²) in [6.07, 6.45) is 3.98. The van der Waals surface area contributed by atoms with Crippen LogP contribution in [0, 0.1) is 0 Å². The average Bonchev–Trinajstić information content (AvgIpc) is 3.21. The zero-order valence-corrected chi connectivity index (χ0v) is 18.4. The van der Waals surface area contributed by atoms with Gasteiger partial charge in [-0.15, -0.1) is 0 Å². The third-order valence-electron chi connectivity index (χ3n) is 4.38. The highest BCUT2D eigenvalue weighted by atomic mass is 32.2. The zero-order valence-electron chi connectivity index (χ0n) is 17.6. The van der Waals surface area contributed by atoms with Gasteiger partial charge in [0, 0.05) is 18.3 Å². The number of nitrogens with one attached hydrogen (secondary N) is 4. The van der Waals surface area contributed by atoms with Crippen molar-refractivity contribution in [3.63, 3.8) is 0 Å². The van der Waals surface area contributed by atoms with Crippen LogP contribution in [0.5, 0.6) is 0 Å². The fourth-order valence-corrected chi connectivity index (χ4v) is 3.02. The lowest BCUT2D eigenvalue weighted by molar-refractivity contribution is -0.145. The molecule has 0 spiro atoms. The van der Waals surface area contributed by atoms with Gasteiger partial charge < -0.3 is 36.9 Å². The Balaban J connectivity index is 2.82. The number of aromatic nitrogens is 2. The number of nitrogens with zero attached hydrogens (tertiary/aromatic N) is 1. The smallest absolute Gasteiger partial charge is 0.328 e. The fraction of sp³-hybridized carbons (Fsp3) is 0.611. The molecule has 12 nitrogen and oxygen atoms in total. The number of carboxylic acid groups (broad SMARTS) is 1. The Hall–Kier alpha value is -2.64. The number of carbonyl (C=O) groups excluding carboxylic acids is 3. The number of imidazole rings is 1. The van der Waals surface area contributed by atoms with Gasteiger partial charge in [-0.05, 0) is 32.3 Å². The molecule has 0 radical (unpaired) electrons. The van der Waals surface area contributed by atoms with Crippen molar-refractivity contribution in [3.8, 4) is 0 Å². The predicted molar refractivity (Wildman–Crippen MR) is 114 cm³/mol. The van der Waals surface area contributed by atoms with Crippen LogP contribution in [0.2, 0.25) is 0 Å². The van der Waals surface area contributed by atoms with Gasteiger partial charge in [-0.3, -0.25) is 14.4 Å². The lowest BCUT2D eigenvalue weighted by Gasteiger charge is -2.24. The highest BCUT2D eigenvalue weighted by molar-refractivity contribution is 7.98. The summed E-state index contributed by atoms with van der Waals surface area (Å²) in [5, 5.41) is 25.7. The first-order valence-electron chi connectivity index (χ1n) is 9.60. The van der Waals surface area contributed by atoms with Crippen LogP contribution < -0.4 is 21.7 Å². The van der Waals surface area contributed by atoms with E-state index < -0.39 is 54.0 Å². The molecule has 0 aliphatic rings. The topological polar surface area (TPSA) is 200 Å². The van der Waals surface area contributed by atoms with E-state index in [4.69, 9.17) is 10.8 Å². The van der Waals surface area contributed by atoms with E-state index in [-0.39, 0.29) is 6.42 Å². The van der Waals surface area contributed by atoms with Crippen LogP contribution in [0.15, 0.2) is 12.5 Å². The van der Waals surface area contributed by atoms with E-state index >= 15 is 0 Å². The SMILES string of the molecule is CSCCC(N)C(=O)NC(Cc1cnc[nH]1)C(=O)NC(C)C(=O)NC(C(=O)O)C(C)O. The summed E-state index contributed by atoms with van der Waals surface area (Å²) in [5.41, 5.74) is 6.44. The molecule has 0 saturated heterocycles. The molecule has 1 heterocycles. The van der Waals surface area contributed by atoms with E-state index in [9.17, 15) is 24.3 Å². The minimum atomic E-state index is -1.53. The number of hydrogen-bond acceptors (Lipinski definition) is 8. The summed E-state index contributed by atoms with van der Waals surface area (Å²) in [6.45, 7) is 2.58. The molecule has 0 saturated carbocycles. The summed E-state index contributed by atoms with van der Waals surface area (Å²) < 4.78 is 0. The quantitative estimate of drug-likeness (QED) is 0.174. The molecule has 1 rings (SSSR count). The van der Waals surface area contributed by atoms with Crippen LogP contribution in [0.1, 0.15) is 26.0 Å². The number of aliphatic hydroxyl groups is 1. The van der Waals surface area contributed by atoms with Crippen molar-refractivity contribution >= 4 is 35.5 Å². The summed E-state index contributed by atoms with van der Waals surface area (Å²) in [7, 11) is 0. The molecule has 8 N–H and O–H groups in total. The van der Waals surface area contributed by atoms with Crippen molar-refractivity contribution in [1.29, 1.82) is 0 Å². The van der Waals surface area contributed by atoms with Crippen molar-refractivity contribution in [3.05, 3.63) is 18.2 Å². The third-order valence-corrected chi connectivity index (χ3v) is 5.02. The molecule has 0 aliphatic carbocycles. The maximum atomic E-state index is 12.8. The van der Waals surface area contributed by atoms with Gasteiger partial charge in [0.2, 0.25) is 17.7 Å². The van der Waals surface area contributed by atoms with Crippen LogP contribution >= 0.6 is 11.8 Å². The Bertz CT molecular complexity index is 744. The number of nitrogens with two attached hydrogens (primary N) is 1. The lowest BCUT2D eigenvalue weighted by atomic mass is 10.1. The van der Waals surface area contributed by atoms with Crippen molar-refractivity contribution in [1.82, 2.24) is 25.9 Å². The van der Waals surface area contributed by atoms with E-state index in [0.717, 1.165) is 0 Å². The molecule has 5 unspecified atom stereocenters. The second-order valence-electron chi connectivity index (χ2n) is 7.03. The first kappa shape index (κ1) is 26.4. The molecule has 13 heteroatoms. The molecule has 0 fully saturated rings. The minimum Gasteiger partial charge on any atom is -0.480 e. The van der Waals surface area contributed by atoms with Crippen molar-refractivity contribution < 1.29 is 29.4 Å². The summed E-state index contributed by atoms with van der Waals surface area (Å²) >= 11 is 1.54. The van der Waals surface area contributed by atoms with E-state index in [1.54, 1.807) is 11.8 Å². The maximum Gasteiger partial charge on any atom is 0.328 e. The molecule has 5 atom stereocenters. The number of rotatable bonds is 13. The molecule has 174 valence electrons. The van der Waals surface area contributed by atoms with Crippen molar-refractivity contribution in [2.75, 3.05) is 12.0 Å². The molecule has 3 amide bonds. The lowest BCUT2D eigenvalue weighted by Crippen LogP contribution is -2.58. The van der Waals surface area contributed by atoms with Gasteiger partial charge in [0.15, 0.2) is 6.04 Å². The highest BCUT2D eigenvalue weighted by Crippen LogP contribution is 2.03. The number of thioether (sulfide) groups is 1. The van der Waals surface area contributed by atoms with Crippen LogP contribution in [-0.2, 0) is 25.6 Å². The Morgan fingerprint density at radius 1 is 1.16 bits per heavy atom. The minimum absolute atomic E-state index is 0.0760. The van der Waals surface area contributed by atoms with E-state index in [1.165, 1.54) is 26.4 Å². The zero-order chi connectivity index (χ0) is 23.6. The number of hydrogen-bond donors (Lipinski definition) is 7. The van der Waals surface area contributed by atoms with E-state index in [0.29, 0.717) is 17.9 Å². The van der Waals surface area contributed by atoms with Gasteiger partial charge in [-0.25, -0.2) is 9.78 Å². The third kappa shape index (κ3) is 8.94. The van der Waals surface area contributed by atoms with Crippen LogP contribution in [0.4, 0.5) is 0 Å². The van der Waals surface area contributed by atoms with Gasteiger partial charge in [0.25, 0.3) is 0 Å². The summed E-state index contributed by atoms with van der Waals surface area (Å²) in [4.78, 5) is 55.2. The Morgan fingerprint density at radius 2 is 1.84 bits per heavy atom.